The largest absolute Gasteiger partial charge is 0.496 e. The van der Waals surface area contributed by atoms with Crippen LogP contribution in [0.5, 0.6) is 5.75 Å². The van der Waals surface area contributed by atoms with Gasteiger partial charge in [0.05, 0.1) is 17.7 Å². The lowest BCUT2D eigenvalue weighted by Crippen LogP contribution is -2.34. The lowest BCUT2D eigenvalue weighted by atomic mass is 10.0. The number of hydrogen-bond donors (Lipinski definition) is 2. The topological polar surface area (TPSA) is 101 Å². The van der Waals surface area contributed by atoms with Crippen LogP contribution in [0.1, 0.15) is 16.7 Å². The van der Waals surface area contributed by atoms with Crippen molar-refractivity contribution < 1.29 is 9.13 Å². The molecule has 0 atom stereocenters. The molecule has 0 unspecified atom stereocenters. The van der Waals surface area contributed by atoms with Gasteiger partial charge in [-0.3, -0.25) is 9.89 Å². The zero-order valence-corrected chi connectivity index (χ0v) is 15.5. The standard InChI is InChI=1S/C20H17FN6O2/c1-12-17(19(28)27(24-12)20-22-25-26-23-20)11-14-5-8-18(29-2)15(10-14)9-13-3-6-16(21)7-4-13/h3-8,10-11,24H,1,9H2,2H3,(H,22,23,25,26). The number of H-pyrrole nitrogens is 2. The van der Waals surface area contributed by atoms with Gasteiger partial charge in [-0.15, -0.1) is 5.10 Å². The second-order valence-electron chi connectivity index (χ2n) is 6.38. The van der Waals surface area contributed by atoms with Crippen LogP contribution in [0.3, 0.4) is 0 Å². The zero-order chi connectivity index (χ0) is 20.4. The van der Waals surface area contributed by atoms with Crippen molar-refractivity contribution in [2.45, 2.75) is 6.42 Å². The minimum atomic E-state index is -0.340. The molecule has 8 nitrogen and oxygen atoms in total. The summed E-state index contributed by atoms with van der Waals surface area (Å²) in [5.41, 5.74) is 2.31. The second kappa shape index (κ2) is 7.55. The Balaban J connectivity index is 1.76. The predicted octanol–water partition coefficient (Wildman–Crippen LogP) is 0.656. The second-order valence-corrected chi connectivity index (χ2v) is 6.38. The lowest BCUT2D eigenvalue weighted by molar-refractivity contribution is 0.410. The minimum Gasteiger partial charge on any atom is -0.496 e. The van der Waals surface area contributed by atoms with E-state index in [4.69, 9.17) is 4.74 Å². The fourth-order valence-corrected chi connectivity index (χ4v) is 3.05. The van der Waals surface area contributed by atoms with Gasteiger partial charge in [0.1, 0.15) is 11.6 Å². The van der Waals surface area contributed by atoms with Crippen LogP contribution in [0.4, 0.5) is 4.39 Å². The normalized spacial score (nSPS) is 11.7. The molecule has 0 radical (unpaired) electrons. The highest BCUT2D eigenvalue weighted by Crippen LogP contribution is 2.23. The Morgan fingerprint density at radius 2 is 2.03 bits per heavy atom. The van der Waals surface area contributed by atoms with Crippen LogP contribution in [0.2, 0.25) is 0 Å². The Kier molecular flexibility index (Phi) is 4.78. The number of halogens is 1. The third-order valence-electron chi connectivity index (χ3n) is 4.46. The summed E-state index contributed by atoms with van der Waals surface area (Å²) >= 11 is 0. The summed E-state index contributed by atoms with van der Waals surface area (Å²) in [6, 6.07) is 11.9. The molecule has 4 aromatic rings. The minimum absolute atomic E-state index is 0.103. The van der Waals surface area contributed by atoms with Gasteiger partial charge in [0.2, 0.25) is 0 Å². The quantitative estimate of drug-likeness (QED) is 0.520. The van der Waals surface area contributed by atoms with Gasteiger partial charge in [0.25, 0.3) is 11.5 Å². The van der Waals surface area contributed by atoms with E-state index in [9.17, 15) is 9.18 Å². The molecule has 0 saturated heterocycles. The van der Waals surface area contributed by atoms with E-state index in [-0.39, 0.29) is 17.3 Å². The molecular weight excluding hydrogens is 375 g/mol. The predicted molar refractivity (Wildman–Crippen MR) is 105 cm³/mol. The van der Waals surface area contributed by atoms with Gasteiger partial charge in [-0.1, -0.05) is 29.9 Å². The van der Waals surface area contributed by atoms with Crippen molar-refractivity contribution in [2.75, 3.05) is 7.11 Å². The van der Waals surface area contributed by atoms with E-state index in [1.54, 1.807) is 25.3 Å². The molecule has 4 rings (SSSR count). The van der Waals surface area contributed by atoms with Crippen molar-refractivity contribution in [1.82, 2.24) is 30.4 Å². The van der Waals surface area contributed by atoms with Gasteiger partial charge < -0.3 is 4.74 Å². The molecule has 0 spiro atoms. The zero-order valence-electron chi connectivity index (χ0n) is 15.5. The van der Waals surface area contributed by atoms with Crippen molar-refractivity contribution in [2.24, 2.45) is 0 Å². The number of aromatic nitrogens is 6. The van der Waals surface area contributed by atoms with Crippen LogP contribution in [-0.4, -0.2) is 37.5 Å². The van der Waals surface area contributed by atoms with Gasteiger partial charge in [-0.05, 0) is 52.2 Å². The first-order valence-corrected chi connectivity index (χ1v) is 8.72. The molecule has 146 valence electrons. The highest BCUT2D eigenvalue weighted by molar-refractivity contribution is 5.54. The van der Waals surface area contributed by atoms with E-state index in [0.29, 0.717) is 22.7 Å². The van der Waals surface area contributed by atoms with E-state index in [2.05, 4.69) is 32.3 Å². The van der Waals surface area contributed by atoms with E-state index in [1.807, 2.05) is 18.2 Å². The van der Waals surface area contributed by atoms with Crippen LogP contribution in [-0.2, 0) is 6.42 Å². The fraction of sp³-hybridized carbons (Fsp3) is 0.100. The maximum Gasteiger partial charge on any atom is 0.291 e. The summed E-state index contributed by atoms with van der Waals surface area (Å²) < 4.78 is 19.8. The summed E-state index contributed by atoms with van der Waals surface area (Å²) in [7, 11) is 1.59. The highest BCUT2D eigenvalue weighted by atomic mass is 19.1. The van der Waals surface area contributed by atoms with Gasteiger partial charge in [0, 0.05) is 6.42 Å². The molecule has 2 aromatic carbocycles. The molecule has 29 heavy (non-hydrogen) atoms. The summed E-state index contributed by atoms with van der Waals surface area (Å²) in [4.78, 5) is 12.7. The van der Waals surface area contributed by atoms with E-state index in [0.717, 1.165) is 16.7 Å². The van der Waals surface area contributed by atoms with Gasteiger partial charge in [0.15, 0.2) is 0 Å². The summed E-state index contributed by atoms with van der Waals surface area (Å²) in [5, 5.41) is 17.0. The Bertz CT molecular complexity index is 1310. The van der Waals surface area contributed by atoms with Crippen LogP contribution in [0.15, 0.2) is 47.3 Å². The molecule has 0 aliphatic carbocycles. The van der Waals surface area contributed by atoms with Crippen LogP contribution in [0.25, 0.3) is 18.6 Å². The highest BCUT2D eigenvalue weighted by Gasteiger charge is 2.09. The summed E-state index contributed by atoms with van der Waals surface area (Å²) in [6.45, 7) is 3.89. The number of aromatic amines is 2. The molecule has 2 aromatic heterocycles. The lowest BCUT2D eigenvalue weighted by Gasteiger charge is -2.10. The number of ether oxygens (including phenoxy) is 1. The Morgan fingerprint density at radius 3 is 2.72 bits per heavy atom. The SMILES string of the molecule is C=c1[nH]n(-c2nn[nH]n2)c(=O)c1=Cc1ccc(OC)c(Cc2ccc(F)cc2)c1. The first-order chi connectivity index (χ1) is 14.0. The molecule has 0 fully saturated rings. The van der Waals surface area contributed by atoms with Gasteiger partial charge in [-0.25, -0.2) is 4.39 Å². The van der Waals surface area contributed by atoms with E-state index in [1.165, 1.54) is 16.8 Å². The average molecular weight is 392 g/mol. The number of tetrazole rings is 1. The van der Waals surface area contributed by atoms with Crippen molar-refractivity contribution in [3.63, 3.8) is 0 Å². The first kappa shape index (κ1) is 18.4. The van der Waals surface area contributed by atoms with Crippen molar-refractivity contribution in [1.29, 1.82) is 0 Å². The third-order valence-corrected chi connectivity index (χ3v) is 4.46. The van der Waals surface area contributed by atoms with E-state index < -0.39 is 0 Å². The van der Waals surface area contributed by atoms with Gasteiger partial charge in [-0.2, -0.15) is 9.90 Å². The van der Waals surface area contributed by atoms with Crippen LogP contribution < -0.4 is 20.9 Å². The first-order valence-electron chi connectivity index (χ1n) is 8.72. The van der Waals surface area contributed by atoms with Crippen molar-refractivity contribution in [3.05, 3.63) is 85.9 Å². The molecule has 0 aliphatic heterocycles. The molecule has 0 aliphatic rings. The molecule has 0 bridgehead atoms. The van der Waals surface area contributed by atoms with Crippen molar-refractivity contribution in [3.8, 4) is 11.7 Å². The third kappa shape index (κ3) is 3.70. The monoisotopic (exact) mass is 392 g/mol. The average Bonchev–Trinajstić information content (AvgIpc) is 3.34. The fourth-order valence-electron chi connectivity index (χ4n) is 3.05. The molecule has 2 N–H and O–H groups in total. The number of nitrogens with one attached hydrogen (secondary N) is 2. The van der Waals surface area contributed by atoms with Crippen molar-refractivity contribution >= 4 is 12.7 Å². The Hall–Kier alpha value is -4.01. The molecule has 0 saturated carbocycles. The summed E-state index contributed by atoms with van der Waals surface area (Å²) in [6.07, 6.45) is 2.29. The van der Waals surface area contributed by atoms with E-state index >= 15 is 0 Å². The Labute approximate surface area is 164 Å². The number of hydrogen-bond acceptors (Lipinski definition) is 5. The summed E-state index contributed by atoms with van der Waals surface area (Å²) in [5.74, 6) is 0.530. The maximum atomic E-state index is 13.2. The molecule has 9 heteroatoms. The molecule has 2 heterocycles. The smallest absolute Gasteiger partial charge is 0.291 e. The number of benzene rings is 2. The number of methoxy groups -OCH3 is 1. The molecular formula is C20H17FN6O2. The van der Waals surface area contributed by atoms with Gasteiger partial charge >= 0.3 is 0 Å². The number of nitrogens with zero attached hydrogens (tertiary/aromatic N) is 4. The Morgan fingerprint density at radius 1 is 1.24 bits per heavy atom. The maximum absolute atomic E-state index is 13.2. The number of rotatable bonds is 5. The van der Waals surface area contributed by atoms with Crippen LogP contribution >= 0.6 is 0 Å². The molecule has 0 amide bonds. The van der Waals surface area contributed by atoms with Crippen LogP contribution in [0, 0.1) is 5.82 Å².